The summed E-state index contributed by atoms with van der Waals surface area (Å²) in [7, 11) is 0. The van der Waals surface area contributed by atoms with E-state index in [0.717, 1.165) is 42.9 Å². The maximum Gasteiger partial charge on any atom is 0.224 e. The quantitative estimate of drug-likeness (QED) is 0.416. The molecule has 4 nitrogen and oxygen atoms in total. The Bertz CT molecular complexity index is 716. The van der Waals surface area contributed by atoms with Gasteiger partial charge in [0.2, 0.25) is 5.91 Å². The number of amides is 1. The van der Waals surface area contributed by atoms with Gasteiger partial charge in [-0.05, 0) is 48.6 Å². The minimum absolute atomic E-state index is 0.0391. The third kappa shape index (κ3) is 9.00. The molecule has 0 heterocycles. The van der Waals surface area contributed by atoms with Crippen LogP contribution in [0.4, 0.5) is 0 Å². The molecule has 0 aromatic heterocycles. The van der Waals surface area contributed by atoms with Gasteiger partial charge in [-0.15, -0.1) is 0 Å². The molecule has 30 heavy (non-hydrogen) atoms. The maximum absolute atomic E-state index is 12.6. The Hall–Kier alpha value is -2.33. The molecular formula is C26H38N2O2. The molecule has 2 N–H and O–H groups in total. The summed E-state index contributed by atoms with van der Waals surface area (Å²) in [6.07, 6.45) is 5.03. The number of nitrogens with one attached hydrogen (secondary N) is 2. The Balaban J connectivity index is 1.97. The Kier molecular flexibility index (Phi) is 11.0. The molecule has 4 heteroatoms. The first-order valence-corrected chi connectivity index (χ1v) is 11.4. The second-order valence-electron chi connectivity index (χ2n) is 8.11. The van der Waals surface area contributed by atoms with Gasteiger partial charge in [0.15, 0.2) is 0 Å². The molecule has 2 aromatic rings. The molecule has 0 saturated carbocycles. The van der Waals surface area contributed by atoms with Gasteiger partial charge >= 0.3 is 0 Å². The predicted octanol–water partition coefficient (Wildman–Crippen LogP) is 5.29. The van der Waals surface area contributed by atoms with E-state index in [-0.39, 0.29) is 11.9 Å². The monoisotopic (exact) mass is 410 g/mol. The third-order valence-electron chi connectivity index (χ3n) is 5.20. The molecule has 0 bridgehead atoms. The van der Waals surface area contributed by atoms with E-state index in [4.69, 9.17) is 4.74 Å². The Labute approximate surface area is 182 Å². The zero-order valence-corrected chi connectivity index (χ0v) is 18.8. The van der Waals surface area contributed by atoms with Crippen molar-refractivity contribution in [2.45, 2.75) is 58.9 Å². The molecule has 2 rings (SSSR count). The molecule has 0 spiro atoms. The van der Waals surface area contributed by atoms with Crippen LogP contribution in [0.15, 0.2) is 54.6 Å². The van der Waals surface area contributed by atoms with Crippen molar-refractivity contribution in [3.05, 3.63) is 65.7 Å². The van der Waals surface area contributed by atoms with E-state index in [9.17, 15) is 4.79 Å². The van der Waals surface area contributed by atoms with E-state index in [1.165, 1.54) is 12.8 Å². The Morgan fingerprint density at radius 1 is 1.00 bits per heavy atom. The van der Waals surface area contributed by atoms with E-state index >= 15 is 0 Å². The number of ether oxygens (including phenoxy) is 1. The van der Waals surface area contributed by atoms with E-state index < -0.39 is 0 Å². The molecule has 0 fully saturated rings. The first kappa shape index (κ1) is 23.9. The molecule has 0 aliphatic rings. The van der Waals surface area contributed by atoms with Crippen LogP contribution in [0.3, 0.4) is 0 Å². The molecule has 2 aromatic carbocycles. The highest BCUT2D eigenvalue weighted by atomic mass is 16.5. The molecule has 164 valence electrons. The van der Waals surface area contributed by atoms with Crippen LogP contribution in [-0.2, 0) is 11.2 Å². The maximum atomic E-state index is 12.6. The lowest BCUT2D eigenvalue weighted by molar-refractivity contribution is -0.121. The van der Waals surface area contributed by atoms with Gasteiger partial charge in [-0.2, -0.15) is 0 Å². The summed E-state index contributed by atoms with van der Waals surface area (Å²) in [5, 5.41) is 6.68. The van der Waals surface area contributed by atoms with E-state index in [0.29, 0.717) is 18.9 Å². The molecule has 0 aliphatic carbocycles. The molecule has 0 saturated heterocycles. The zero-order valence-electron chi connectivity index (χ0n) is 18.8. The van der Waals surface area contributed by atoms with Crippen LogP contribution in [0, 0.1) is 5.92 Å². The standard InChI is InChI=1S/C26H38N2O2/c1-4-6-17-27-19-25(28-26(29)18-22-11-8-7-9-12-22)23-13-15-24(16-14-23)30-20-21(3)10-5-2/h7-9,11-16,21,25,27H,4-6,10,17-20H2,1-3H3,(H,28,29). The van der Waals surface area contributed by atoms with Crippen LogP contribution >= 0.6 is 0 Å². The molecule has 1 amide bonds. The number of benzene rings is 2. The van der Waals surface area contributed by atoms with Crippen molar-refractivity contribution in [1.82, 2.24) is 10.6 Å². The second-order valence-corrected chi connectivity index (χ2v) is 8.11. The van der Waals surface area contributed by atoms with E-state index in [1.54, 1.807) is 0 Å². The minimum atomic E-state index is -0.0638. The molecule has 0 radical (unpaired) electrons. The lowest BCUT2D eigenvalue weighted by Gasteiger charge is -2.21. The van der Waals surface area contributed by atoms with E-state index in [1.807, 2.05) is 42.5 Å². The number of unbranched alkanes of at least 4 members (excludes halogenated alkanes) is 1. The van der Waals surface area contributed by atoms with Crippen molar-refractivity contribution in [3.8, 4) is 5.75 Å². The third-order valence-corrected chi connectivity index (χ3v) is 5.20. The highest BCUT2D eigenvalue weighted by molar-refractivity contribution is 5.79. The van der Waals surface area contributed by atoms with Crippen molar-refractivity contribution in [2.24, 2.45) is 5.92 Å². The average Bonchev–Trinajstić information content (AvgIpc) is 2.76. The number of hydrogen-bond acceptors (Lipinski definition) is 3. The van der Waals surface area contributed by atoms with E-state index in [2.05, 4.69) is 43.5 Å². The summed E-state index contributed by atoms with van der Waals surface area (Å²) >= 11 is 0. The minimum Gasteiger partial charge on any atom is -0.493 e. The Morgan fingerprint density at radius 3 is 2.40 bits per heavy atom. The average molecular weight is 411 g/mol. The molecule has 0 aliphatic heterocycles. The molecular weight excluding hydrogens is 372 g/mol. The van der Waals surface area contributed by atoms with Crippen LogP contribution in [0.1, 0.15) is 63.6 Å². The van der Waals surface area contributed by atoms with Crippen LogP contribution in [0.2, 0.25) is 0 Å². The second kappa shape index (κ2) is 13.8. The predicted molar refractivity (Wildman–Crippen MR) is 125 cm³/mol. The topological polar surface area (TPSA) is 50.4 Å². The largest absolute Gasteiger partial charge is 0.493 e. The van der Waals surface area contributed by atoms with Gasteiger partial charge in [0.25, 0.3) is 0 Å². The summed E-state index contributed by atoms with van der Waals surface area (Å²) in [4.78, 5) is 12.6. The fourth-order valence-electron chi connectivity index (χ4n) is 3.44. The summed E-state index contributed by atoms with van der Waals surface area (Å²) in [5.41, 5.74) is 2.12. The number of carbonyl (C=O) groups excluding carboxylic acids is 1. The van der Waals surface area contributed by atoms with Gasteiger partial charge in [-0.25, -0.2) is 0 Å². The van der Waals surface area contributed by atoms with Gasteiger partial charge in [0.1, 0.15) is 5.75 Å². The normalized spacial score (nSPS) is 12.9. The van der Waals surface area contributed by atoms with Crippen molar-refractivity contribution in [3.63, 3.8) is 0 Å². The molecule has 2 atom stereocenters. The van der Waals surface area contributed by atoms with Crippen LogP contribution in [0.5, 0.6) is 5.75 Å². The first-order valence-electron chi connectivity index (χ1n) is 11.4. The van der Waals surface area contributed by atoms with Crippen molar-refractivity contribution >= 4 is 5.91 Å². The van der Waals surface area contributed by atoms with Crippen molar-refractivity contribution in [2.75, 3.05) is 19.7 Å². The van der Waals surface area contributed by atoms with Gasteiger partial charge in [0, 0.05) is 6.54 Å². The number of carbonyl (C=O) groups is 1. The fraction of sp³-hybridized carbons (Fsp3) is 0.500. The van der Waals surface area contributed by atoms with Crippen molar-refractivity contribution in [1.29, 1.82) is 0 Å². The number of rotatable bonds is 14. The smallest absolute Gasteiger partial charge is 0.224 e. The van der Waals surface area contributed by atoms with Crippen molar-refractivity contribution < 1.29 is 9.53 Å². The lowest BCUT2D eigenvalue weighted by Crippen LogP contribution is -2.36. The van der Waals surface area contributed by atoms with Crippen LogP contribution < -0.4 is 15.4 Å². The zero-order chi connectivity index (χ0) is 21.6. The number of hydrogen-bond donors (Lipinski definition) is 2. The highest BCUT2D eigenvalue weighted by Gasteiger charge is 2.15. The lowest BCUT2D eigenvalue weighted by atomic mass is 10.1. The van der Waals surface area contributed by atoms with Gasteiger partial charge in [0.05, 0.1) is 19.1 Å². The van der Waals surface area contributed by atoms with Crippen LogP contribution in [0.25, 0.3) is 0 Å². The van der Waals surface area contributed by atoms with Crippen LogP contribution in [-0.4, -0.2) is 25.6 Å². The summed E-state index contributed by atoms with van der Waals surface area (Å²) in [6, 6.07) is 18.0. The first-order chi connectivity index (χ1) is 14.6. The fourth-order valence-corrected chi connectivity index (χ4v) is 3.44. The van der Waals surface area contributed by atoms with Gasteiger partial charge in [-0.1, -0.05) is 76.1 Å². The molecule has 2 unspecified atom stereocenters. The summed E-state index contributed by atoms with van der Waals surface area (Å²) < 4.78 is 5.93. The summed E-state index contributed by atoms with van der Waals surface area (Å²) in [6.45, 7) is 9.01. The SMILES string of the molecule is CCCCNCC(NC(=O)Cc1ccccc1)c1ccc(OCC(C)CCC)cc1. The highest BCUT2D eigenvalue weighted by Crippen LogP contribution is 2.19. The Morgan fingerprint density at radius 2 is 1.73 bits per heavy atom. The summed E-state index contributed by atoms with van der Waals surface area (Å²) in [5.74, 6) is 1.48. The van der Waals surface area contributed by atoms with Gasteiger partial charge in [-0.3, -0.25) is 4.79 Å². The van der Waals surface area contributed by atoms with Gasteiger partial charge < -0.3 is 15.4 Å².